The number of benzene rings is 1. The molecule has 5 heteroatoms. The summed E-state index contributed by atoms with van der Waals surface area (Å²) in [6.07, 6.45) is 4.58. The Balaban J connectivity index is 1.76. The number of hydrogen-bond donors (Lipinski definition) is 1. The molecule has 1 fully saturated rings. The average Bonchev–Trinajstić information content (AvgIpc) is 3.29. The van der Waals surface area contributed by atoms with Crippen molar-refractivity contribution in [3.8, 4) is 11.5 Å². The summed E-state index contributed by atoms with van der Waals surface area (Å²) in [7, 11) is -0.921. The van der Waals surface area contributed by atoms with Crippen molar-refractivity contribution in [2.75, 3.05) is 19.0 Å². The molecule has 0 amide bonds. The second-order valence-corrected chi connectivity index (χ2v) is 7.26. The maximum atomic E-state index is 12.4. The van der Waals surface area contributed by atoms with Crippen LogP contribution in [0.3, 0.4) is 0 Å². The van der Waals surface area contributed by atoms with Gasteiger partial charge in [0.2, 0.25) is 0 Å². The molecule has 1 N–H and O–H groups in total. The van der Waals surface area contributed by atoms with E-state index in [2.05, 4.69) is 5.32 Å². The van der Waals surface area contributed by atoms with E-state index < -0.39 is 10.8 Å². The van der Waals surface area contributed by atoms with E-state index in [1.165, 1.54) is 12.8 Å². The Hall–Kier alpha value is -1.07. The summed E-state index contributed by atoms with van der Waals surface area (Å²) in [5.74, 6) is 2.29. The van der Waals surface area contributed by atoms with Crippen LogP contribution in [-0.4, -0.2) is 29.2 Å². The van der Waals surface area contributed by atoms with Gasteiger partial charge in [0.25, 0.3) is 0 Å². The summed E-state index contributed by atoms with van der Waals surface area (Å²) >= 11 is 0. The molecule has 2 unspecified atom stereocenters. The fraction of sp³-hybridized carbons (Fsp3) is 0.600. The van der Waals surface area contributed by atoms with Crippen LogP contribution >= 0.6 is 0 Å². The third-order valence-corrected chi connectivity index (χ3v) is 5.64. The van der Waals surface area contributed by atoms with Crippen LogP contribution in [0.25, 0.3) is 0 Å². The molecule has 108 valence electrons. The van der Waals surface area contributed by atoms with Crippen molar-refractivity contribution in [2.45, 2.75) is 42.7 Å². The Morgan fingerprint density at radius 3 is 2.60 bits per heavy atom. The van der Waals surface area contributed by atoms with Gasteiger partial charge in [-0.15, -0.1) is 0 Å². The van der Waals surface area contributed by atoms with E-state index in [0.717, 1.165) is 40.6 Å². The molecular weight excluding hydrogens is 274 g/mol. The van der Waals surface area contributed by atoms with Crippen molar-refractivity contribution in [1.29, 1.82) is 0 Å². The zero-order chi connectivity index (χ0) is 13.5. The van der Waals surface area contributed by atoms with Crippen LogP contribution in [-0.2, 0) is 10.8 Å². The van der Waals surface area contributed by atoms with Gasteiger partial charge in [0.1, 0.15) is 13.2 Å². The zero-order valence-corrected chi connectivity index (χ0v) is 12.2. The van der Waals surface area contributed by atoms with Gasteiger partial charge < -0.3 is 14.8 Å². The van der Waals surface area contributed by atoms with Crippen LogP contribution < -0.4 is 14.8 Å². The van der Waals surface area contributed by atoms with Crippen LogP contribution in [0.15, 0.2) is 17.0 Å². The Labute approximate surface area is 121 Å². The Morgan fingerprint density at radius 2 is 1.85 bits per heavy atom. The SMILES string of the molecule is O=S1CCCC(NC2CC2)c2cc3c(cc21)OCCO3. The second-order valence-electron chi connectivity index (χ2n) is 5.72. The van der Waals surface area contributed by atoms with Gasteiger partial charge >= 0.3 is 0 Å². The molecule has 4 nitrogen and oxygen atoms in total. The maximum absolute atomic E-state index is 12.4. The number of fused-ring (bicyclic) bond motifs is 2. The first-order valence-corrected chi connectivity index (χ1v) is 8.71. The Morgan fingerprint density at radius 1 is 1.10 bits per heavy atom. The van der Waals surface area contributed by atoms with Crippen molar-refractivity contribution in [3.63, 3.8) is 0 Å². The number of nitrogens with one attached hydrogen (secondary N) is 1. The van der Waals surface area contributed by atoms with Gasteiger partial charge in [-0.2, -0.15) is 0 Å². The molecule has 1 aliphatic carbocycles. The molecule has 0 spiro atoms. The largest absolute Gasteiger partial charge is 0.486 e. The van der Waals surface area contributed by atoms with Crippen molar-refractivity contribution in [1.82, 2.24) is 5.32 Å². The molecule has 2 aliphatic heterocycles. The smallest absolute Gasteiger partial charge is 0.162 e. The first kappa shape index (κ1) is 12.7. The first-order valence-electron chi connectivity index (χ1n) is 7.39. The van der Waals surface area contributed by atoms with E-state index in [0.29, 0.717) is 25.3 Å². The van der Waals surface area contributed by atoms with Crippen molar-refractivity contribution in [2.24, 2.45) is 0 Å². The normalized spacial score (nSPS) is 28.6. The molecule has 0 saturated heterocycles. The van der Waals surface area contributed by atoms with Crippen LogP contribution in [0.4, 0.5) is 0 Å². The minimum absolute atomic E-state index is 0.305. The molecule has 2 atom stereocenters. The van der Waals surface area contributed by atoms with Gasteiger partial charge in [-0.25, -0.2) is 0 Å². The lowest BCUT2D eigenvalue weighted by molar-refractivity contribution is 0.170. The lowest BCUT2D eigenvalue weighted by Crippen LogP contribution is -2.24. The van der Waals surface area contributed by atoms with Crippen molar-refractivity contribution < 1.29 is 13.7 Å². The van der Waals surface area contributed by atoms with E-state index in [1.54, 1.807) is 0 Å². The van der Waals surface area contributed by atoms with E-state index in [9.17, 15) is 4.21 Å². The molecule has 1 saturated carbocycles. The van der Waals surface area contributed by atoms with Gasteiger partial charge in [0.15, 0.2) is 11.5 Å². The minimum Gasteiger partial charge on any atom is -0.486 e. The highest BCUT2D eigenvalue weighted by Crippen LogP contribution is 2.40. The predicted octanol–water partition coefficient (Wildman–Crippen LogP) is 2.15. The third-order valence-electron chi connectivity index (χ3n) is 4.13. The zero-order valence-electron chi connectivity index (χ0n) is 11.4. The molecule has 0 bridgehead atoms. The average molecular weight is 293 g/mol. The lowest BCUT2D eigenvalue weighted by atomic mass is 10.0. The number of ether oxygens (including phenoxy) is 2. The lowest BCUT2D eigenvalue weighted by Gasteiger charge is -2.23. The number of hydrogen-bond acceptors (Lipinski definition) is 4. The van der Waals surface area contributed by atoms with Gasteiger partial charge in [-0.1, -0.05) is 0 Å². The van der Waals surface area contributed by atoms with Crippen LogP contribution in [0.5, 0.6) is 11.5 Å². The van der Waals surface area contributed by atoms with Crippen LogP contribution in [0, 0.1) is 0 Å². The second kappa shape index (κ2) is 5.04. The molecule has 2 heterocycles. The monoisotopic (exact) mass is 293 g/mol. The highest BCUT2D eigenvalue weighted by atomic mass is 32.2. The van der Waals surface area contributed by atoms with E-state index in [4.69, 9.17) is 9.47 Å². The predicted molar refractivity (Wildman–Crippen MR) is 76.8 cm³/mol. The van der Waals surface area contributed by atoms with Gasteiger partial charge in [0.05, 0.1) is 10.8 Å². The van der Waals surface area contributed by atoms with E-state index in [1.807, 2.05) is 12.1 Å². The molecule has 4 rings (SSSR count). The summed E-state index contributed by atoms with van der Waals surface area (Å²) in [5, 5.41) is 3.69. The maximum Gasteiger partial charge on any atom is 0.162 e. The Bertz CT molecular complexity index is 556. The van der Waals surface area contributed by atoms with Gasteiger partial charge in [-0.3, -0.25) is 4.21 Å². The highest BCUT2D eigenvalue weighted by molar-refractivity contribution is 7.85. The summed E-state index contributed by atoms with van der Waals surface area (Å²) in [6, 6.07) is 4.94. The fourth-order valence-electron chi connectivity index (χ4n) is 2.95. The Kier molecular flexibility index (Phi) is 3.19. The highest BCUT2D eigenvalue weighted by Gasteiger charge is 2.30. The molecule has 20 heavy (non-hydrogen) atoms. The van der Waals surface area contributed by atoms with Gasteiger partial charge in [-0.05, 0) is 37.3 Å². The molecule has 1 aromatic rings. The quantitative estimate of drug-likeness (QED) is 0.907. The molecular formula is C15H19NO3S. The topological polar surface area (TPSA) is 47.6 Å². The molecule has 0 aromatic heterocycles. The molecule has 1 aromatic carbocycles. The molecule has 3 aliphatic rings. The van der Waals surface area contributed by atoms with E-state index >= 15 is 0 Å². The summed E-state index contributed by atoms with van der Waals surface area (Å²) in [4.78, 5) is 0.935. The van der Waals surface area contributed by atoms with Gasteiger partial charge in [0, 0.05) is 28.8 Å². The van der Waals surface area contributed by atoms with Crippen LogP contribution in [0.2, 0.25) is 0 Å². The molecule has 0 radical (unpaired) electrons. The summed E-state index contributed by atoms with van der Waals surface area (Å²) in [5.41, 5.74) is 1.15. The minimum atomic E-state index is -0.921. The summed E-state index contributed by atoms with van der Waals surface area (Å²) in [6.45, 7) is 1.16. The van der Waals surface area contributed by atoms with E-state index in [-0.39, 0.29) is 0 Å². The fourth-order valence-corrected chi connectivity index (χ4v) is 4.30. The van der Waals surface area contributed by atoms with Crippen molar-refractivity contribution >= 4 is 10.8 Å². The first-order chi connectivity index (χ1) is 9.81. The number of rotatable bonds is 2. The third kappa shape index (κ3) is 2.33. The standard InChI is InChI=1S/C15H19NO3S/c17-20-7-1-2-12(16-10-3-4-10)11-8-13-14(9-15(11)20)19-6-5-18-13/h8-10,12,16H,1-7H2. The summed E-state index contributed by atoms with van der Waals surface area (Å²) < 4.78 is 23.7. The van der Waals surface area contributed by atoms with Crippen LogP contribution in [0.1, 0.15) is 37.3 Å². The van der Waals surface area contributed by atoms with Crippen molar-refractivity contribution in [3.05, 3.63) is 17.7 Å².